The van der Waals surface area contributed by atoms with Crippen molar-refractivity contribution in [2.75, 3.05) is 13.1 Å². The molecule has 100 valence electrons. The van der Waals surface area contributed by atoms with E-state index in [1.165, 1.54) is 11.1 Å². The normalized spacial score (nSPS) is 22.5. The fourth-order valence-electron chi connectivity index (χ4n) is 3.15. The largest absolute Gasteiger partial charge is 0.481 e. The number of rotatable bonds is 2. The second-order valence-corrected chi connectivity index (χ2v) is 5.48. The zero-order chi connectivity index (χ0) is 13.4. The first-order valence-electron chi connectivity index (χ1n) is 6.73. The zero-order valence-electron chi connectivity index (χ0n) is 10.7. The summed E-state index contributed by atoms with van der Waals surface area (Å²) in [5, 5.41) is 8.98. The van der Waals surface area contributed by atoms with Crippen LogP contribution in [0.25, 0.3) is 0 Å². The Labute approximate surface area is 112 Å². The van der Waals surface area contributed by atoms with E-state index in [4.69, 9.17) is 5.11 Å². The van der Waals surface area contributed by atoms with Gasteiger partial charge >= 0.3 is 5.97 Å². The molecule has 1 heterocycles. The van der Waals surface area contributed by atoms with Crippen LogP contribution < -0.4 is 0 Å². The van der Waals surface area contributed by atoms with Gasteiger partial charge in [0.1, 0.15) is 0 Å². The number of carbonyl (C=O) groups excluding carboxylic acids is 1. The molecule has 0 spiro atoms. The van der Waals surface area contributed by atoms with Gasteiger partial charge in [-0.05, 0) is 30.4 Å². The lowest BCUT2D eigenvalue weighted by Crippen LogP contribution is -2.35. The predicted octanol–water partition coefficient (Wildman–Crippen LogP) is 1.33. The van der Waals surface area contributed by atoms with E-state index >= 15 is 0 Å². The smallest absolute Gasteiger partial charge is 0.308 e. The molecule has 1 aliphatic carbocycles. The Kier molecular flexibility index (Phi) is 3.01. The van der Waals surface area contributed by atoms with Crippen LogP contribution in [0.4, 0.5) is 0 Å². The highest BCUT2D eigenvalue weighted by Crippen LogP contribution is 2.29. The average Bonchev–Trinajstić information content (AvgIpc) is 3.04. The van der Waals surface area contributed by atoms with Crippen LogP contribution in [0.2, 0.25) is 0 Å². The summed E-state index contributed by atoms with van der Waals surface area (Å²) in [7, 11) is 0. The molecule has 1 aliphatic heterocycles. The van der Waals surface area contributed by atoms with Crippen molar-refractivity contribution < 1.29 is 14.7 Å². The van der Waals surface area contributed by atoms with Gasteiger partial charge < -0.3 is 10.0 Å². The fraction of sp³-hybridized carbons (Fsp3) is 0.467. The lowest BCUT2D eigenvalue weighted by atomic mass is 10.0. The van der Waals surface area contributed by atoms with E-state index < -0.39 is 5.97 Å². The zero-order valence-corrected chi connectivity index (χ0v) is 10.7. The topological polar surface area (TPSA) is 57.6 Å². The summed E-state index contributed by atoms with van der Waals surface area (Å²) in [5.41, 5.74) is 2.52. The van der Waals surface area contributed by atoms with E-state index in [-0.39, 0.29) is 17.7 Å². The number of hydrogen-bond donors (Lipinski definition) is 1. The van der Waals surface area contributed by atoms with Gasteiger partial charge in [-0.1, -0.05) is 24.3 Å². The minimum Gasteiger partial charge on any atom is -0.481 e. The summed E-state index contributed by atoms with van der Waals surface area (Å²) in [4.78, 5) is 25.1. The van der Waals surface area contributed by atoms with Crippen LogP contribution in [0.1, 0.15) is 17.5 Å². The quantitative estimate of drug-likeness (QED) is 0.871. The number of aliphatic carboxylic acids is 1. The minimum absolute atomic E-state index is 0.00458. The van der Waals surface area contributed by atoms with Gasteiger partial charge in [-0.3, -0.25) is 9.59 Å². The number of nitrogens with zero attached hydrogens (tertiary/aromatic N) is 1. The highest BCUT2D eigenvalue weighted by atomic mass is 16.4. The van der Waals surface area contributed by atoms with Crippen molar-refractivity contribution >= 4 is 11.9 Å². The number of fused-ring (bicyclic) bond motifs is 1. The Morgan fingerprint density at radius 1 is 1.11 bits per heavy atom. The SMILES string of the molecule is O=C(O)C1CCN(C(=O)C2Cc3ccccc3C2)C1. The van der Waals surface area contributed by atoms with E-state index in [1.54, 1.807) is 4.90 Å². The van der Waals surface area contributed by atoms with Crippen molar-refractivity contribution in [3.05, 3.63) is 35.4 Å². The molecule has 2 aliphatic rings. The first-order chi connectivity index (χ1) is 9.15. The van der Waals surface area contributed by atoms with Crippen molar-refractivity contribution in [1.29, 1.82) is 0 Å². The van der Waals surface area contributed by atoms with Crippen molar-refractivity contribution in [3.8, 4) is 0 Å². The first kappa shape index (κ1) is 12.2. The van der Waals surface area contributed by atoms with Gasteiger partial charge in [0.2, 0.25) is 5.91 Å². The summed E-state index contributed by atoms with van der Waals surface area (Å²) in [6.45, 7) is 0.962. The van der Waals surface area contributed by atoms with Crippen molar-refractivity contribution in [2.45, 2.75) is 19.3 Å². The summed E-state index contributed by atoms with van der Waals surface area (Å²) in [6.07, 6.45) is 2.17. The number of benzene rings is 1. The molecule has 1 saturated heterocycles. The average molecular weight is 259 g/mol. The monoisotopic (exact) mass is 259 g/mol. The molecule has 0 radical (unpaired) electrons. The molecule has 1 aromatic rings. The minimum atomic E-state index is -0.787. The molecule has 4 heteroatoms. The van der Waals surface area contributed by atoms with Crippen LogP contribution >= 0.6 is 0 Å². The molecule has 1 amide bonds. The number of likely N-dealkylation sites (tertiary alicyclic amines) is 1. The second-order valence-electron chi connectivity index (χ2n) is 5.48. The predicted molar refractivity (Wildman–Crippen MR) is 69.7 cm³/mol. The molecule has 1 unspecified atom stereocenters. The van der Waals surface area contributed by atoms with Crippen molar-refractivity contribution in [3.63, 3.8) is 0 Å². The summed E-state index contributed by atoms with van der Waals surface area (Å²) in [5.74, 6) is -1.04. The van der Waals surface area contributed by atoms with E-state index in [2.05, 4.69) is 12.1 Å². The van der Waals surface area contributed by atoms with Crippen LogP contribution in [0, 0.1) is 11.8 Å². The van der Waals surface area contributed by atoms with E-state index in [1.807, 2.05) is 12.1 Å². The maximum absolute atomic E-state index is 12.4. The Hall–Kier alpha value is -1.84. The molecule has 3 rings (SSSR count). The van der Waals surface area contributed by atoms with Gasteiger partial charge in [0, 0.05) is 19.0 Å². The molecule has 1 fully saturated rings. The van der Waals surface area contributed by atoms with Crippen molar-refractivity contribution in [1.82, 2.24) is 4.90 Å². The standard InChI is InChI=1S/C15H17NO3/c17-14(16-6-5-12(9-16)15(18)19)13-7-10-3-1-2-4-11(10)8-13/h1-4,12-13H,5-9H2,(H,18,19). The van der Waals surface area contributed by atoms with Crippen LogP contribution in [0.15, 0.2) is 24.3 Å². The fourth-order valence-corrected chi connectivity index (χ4v) is 3.15. The summed E-state index contributed by atoms with van der Waals surface area (Å²) >= 11 is 0. The van der Waals surface area contributed by atoms with Crippen LogP contribution in [0.5, 0.6) is 0 Å². The number of hydrogen-bond acceptors (Lipinski definition) is 2. The molecule has 1 atom stereocenters. The third-order valence-electron chi connectivity index (χ3n) is 4.25. The molecule has 0 saturated carbocycles. The maximum Gasteiger partial charge on any atom is 0.308 e. The second kappa shape index (κ2) is 4.68. The van der Waals surface area contributed by atoms with Crippen molar-refractivity contribution in [2.24, 2.45) is 11.8 Å². The van der Waals surface area contributed by atoms with Gasteiger partial charge in [0.15, 0.2) is 0 Å². The van der Waals surface area contributed by atoms with E-state index in [9.17, 15) is 9.59 Å². The van der Waals surface area contributed by atoms with Crippen LogP contribution in [-0.2, 0) is 22.4 Å². The Bertz CT molecular complexity index is 501. The van der Waals surface area contributed by atoms with Gasteiger partial charge in [-0.15, -0.1) is 0 Å². The molecule has 19 heavy (non-hydrogen) atoms. The third kappa shape index (κ3) is 2.23. The molecule has 1 aromatic carbocycles. The molecule has 0 bridgehead atoms. The van der Waals surface area contributed by atoms with Crippen LogP contribution in [0.3, 0.4) is 0 Å². The Morgan fingerprint density at radius 2 is 1.74 bits per heavy atom. The molecular weight excluding hydrogens is 242 g/mol. The molecule has 4 nitrogen and oxygen atoms in total. The molecule has 0 aromatic heterocycles. The molecule has 1 N–H and O–H groups in total. The third-order valence-corrected chi connectivity index (χ3v) is 4.25. The summed E-state index contributed by atoms with van der Waals surface area (Å²) < 4.78 is 0. The van der Waals surface area contributed by atoms with Gasteiger partial charge in [-0.2, -0.15) is 0 Å². The first-order valence-corrected chi connectivity index (χ1v) is 6.73. The number of carbonyl (C=O) groups is 2. The highest BCUT2D eigenvalue weighted by Gasteiger charge is 2.36. The summed E-state index contributed by atoms with van der Waals surface area (Å²) in [6, 6.07) is 8.16. The van der Waals surface area contributed by atoms with E-state index in [0.717, 1.165) is 12.8 Å². The van der Waals surface area contributed by atoms with E-state index in [0.29, 0.717) is 19.5 Å². The Morgan fingerprint density at radius 3 is 2.26 bits per heavy atom. The number of carboxylic acid groups (broad SMARTS) is 1. The van der Waals surface area contributed by atoms with Crippen LogP contribution in [-0.4, -0.2) is 35.0 Å². The number of carboxylic acids is 1. The van der Waals surface area contributed by atoms with Gasteiger partial charge in [0.25, 0.3) is 0 Å². The lowest BCUT2D eigenvalue weighted by molar-refractivity contribution is -0.141. The highest BCUT2D eigenvalue weighted by molar-refractivity contribution is 5.82. The maximum atomic E-state index is 12.4. The lowest BCUT2D eigenvalue weighted by Gasteiger charge is -2.19. The van der Waals surface area contributed by atoms with Gasteiger partial charge in [0.05, 0.1) is 5.92 Å². The van der Waals surface area contributed by atoms with Gasteiger partial charge in [-0.25, -0.2) is 0 Å². The number of amides is 1. The Balaban J connectivity index is 1.66. The molecular formula is C15H17NO3.